The molecule has 0 amide bonds. The quantitative estimate of drug-likeness (QED) is 0.588. The summed E-state index contributed by atoms with van der Waals surface area (Å²) in [5, 5.41) is 0. The molecule has 0 N–H and O–H groups in total. The average Bonchev–Trinajstić information content (AvgIpc) is 2.31. The highest BCUT2D eigenvalue weighted by molar-refractivity contribution is 4.82. The molecule has 0 unspecified atom stereocenters. The Hall–Kier alpha value is -0.0800. The van der Waals surface area contributed by atoms with Crippen LogP contribution in [0.4, 0.5) is 0 Å². The van der Waals surface area contributed by atoms with Gasteiger partial charge in [0.1, 0.15) is 0 Å². The molecule has 0 bridgehead atoms. The predicted octanol–water partition coefficient (Wildman–Crippen LogP) is 3.79. The molecule has 1 rings (SSSR count). The van der Waals surface area contributed by atoms with E-state index in [9.17, 15) is 0 Å². The molecule has 0 spiro atoms. The monoisotopic (exact) mass is 228 g/mol. The summed E-state index contributed by atoms with van der Waals surface area (Å²) in [5.41, 5.74) is 0.620. The highest BCUT2D eigenvalue weighted by Gasteiger charge is 2.30. The Morgan fingerprint density at radius 3 is 1.75 bits per heavy atom. The molecule has 1 aliphatic carbocycles. The van der Waals surface area contributed by atoms with Crippen molar-refractivity contribution < 1.29 is 9.47 Å². The number of rotatable bonds is 8. The van der Waals surface area contributed by atoms with E-state index in [1.165, 1.54) is 57.8 Å². The molecule has 16 heavy (non-hydrogen) atoms. The summed E-state index contributed by atoms with van der Waals surface area (Å²) in [6.45, 7) is 1.85. The van der Waals surface area contributed by atoms with Crippen molar-refractivity contribution in [1.82, 2.24) is 0 Å². The molecule has 0 aromatic carbocycles. The van der Waals surface area contributed by atoms with E-state index in [-0.39, 0.29) is 0 Å². The van der Waals surface area contributed by atoms with Crippen molar-refractivity contribution in [3.8, 4) is 0 Å². The van der Waals surface area contributed by atoms with Crippen LogP contribution in [0.3, 0.4) is 0 Å². The van der Waals surface area contributed by atoms with Gasteiger partial charge in [0, 0.05) is 27.4 Å². The molecular weight excluding hydrogens is 200 g/mol. The van der Waals surface area contributed by atoms with Crippen LogP contribution in [0, 0.1) is 5.41 Å². The number of methoxy groups -OCH3 is 2. The van der Waals surface area contributed by atoms with Crippen LogP contribution in [0.15, 0.2) is 0 Å². The summed E-state index contributed by atoms with van der Waals surface area (Å²) >= 11 is 0. The fourth-order valence-corrected chi connectivity index (χ4v) is 3.11. The molecule has 0 atom stereocenters. The van der Waals surface area contributed by atoms with Crippen LogP contribution in [-0.2, 0) is 9.47 Å². The maximum absolute atomic E-state index is 5.18. The zero-order chi connectivity index (χ0) is 11.7. The number of ether oxygens (including phenoxy) is 2. The lowest BCUT2D eigenvalue weighted by Gasteiger charge is -2.37. The fourth-order valence-electron chi connectivity index (χ4n) is 3.11. The van der Waals surface area contributed by atoms with Gasteiger partial charge in [0.25, 0.3) is 0 Å². The highest BCUT2D eigenvalue weighted by atomic mass is 16.5. The maximum atomic E-state index is 5.18. The second-order valence-electron chi connectivity index (χ2n) is 5.25. The van der Waals surface area contributed by atoms with Crippen LogP contribution in [-0.4, -0.2) is 27.4 Å². The minimum Gasteiger partial charge on any atom is -0.385 e. The molecule has 0 aromatic rings. The molecule has 1 aliphatic rings. The van der Waals surface area contributed by atoms with Crippen LogP contribution < -0.4 is 0 Å². The summed E-state index contributed by atoms with van der Waals surface area (Å²) < 4.78 is 10.4. The van der Waals surface area contributed by atoms with E-state index >= 15 is 0 Å². The molecule has 1 fully saturated rings. The van der Waals surface area contributed by atoms with E-state index in [0.29, 0.717) is 5.41 Å². The standard InChI is InChI=1S/C14H28O2/c1-15-12-6-10-14(11-7-13-16-2)8-4-3-5-9-14/h3-13H2,1-2H3. The van der Waals surface area contributed by atoms with Crippen LogP contribution in [0.2, 0.25) is 0 Å². The van der Waals surface area contributed by atoms with Gasteiger partial charge < -0.3 is 9.47 Å². The predicted molar refractivity (Wildman–Crippen MR) is 67.7 cm³/mol. The van der Waals surface area contributed by atoms with Gasteiger partial charge in [-0.05, 0) is 43.9 Å². The summed E-state index contributed by atoms with van der Waals surface area (Å²) in [6.07, 6.45) is 12.3. The van der Waals surface area contributed by atoms with Gasteiger partial charge in [-0.2, -0.15) is 0 Å². The molecule has 0 aromatic heterocycles. The van der Waals surface area contributed by atoms with Crippen LogP contribution in [0.5, 0.6) is 0 Å². The fraction of sp³-hybridized carbons (Fsp3) is 1.00. The Bertz CT molecular complexity index is 150. The Kier molecular flexibility index (Phi) is 7.06. The first-order valence-corrected chi connectivity index (χ1v) is 6.81. The lowest BCUT2D eigenvalue weighted by atomic mass is 9.68. The number of hydrogen-bond donors (Lipinski definition) is 0. The molecule has 0 heterocycles. The van der Waals surface area contributed by atoms with Crippen molar-refractivity contribution in [2.45, 2.75) is 57.8 Å². The summed E-state index contributed by atoms with van der Waals surface area (Å²) in [7, 11) is 3.61. The zero-order valence-corrected chi connectivity index (χ0v) is 11.1. The molecule has 1 saturated carbocycles. The van der Waals surface area contributed by atoms with Crippen molar-refractivity contribution in [2.75, 3.05) is 27.4 Å². The maximum Gasteiger partial charge on any atom is 0.0462 e. The van der Waals surface area contributed by atoms with E-state index in [4.69, 9.17) is 9.47 Å². The Balaban J connectivity index is 2.33. The third-order valence-electron chi connectivity index (χ3n) is 4.03. The van der Waals surface area contributed by atoms with Gasteiger partial charge in [0.15, 0.2) is 0 Å². The average molecular weight is 228 g/mol. The molecule has 2 nitrogen and oxygen atoms in total. The van der Waals surface area contributed by atoms with E-state index in [1.54, 1.807) is 14.2 Å². The topological polar surface area (TPSA) is 18.5 Å². The lowest BCUT2D eigenvalue weighted by Crippen LogP contribution is -2.25. The molecule has 0 aliphatic heterocycles. The normalized spacial score (nSPS) is 19.9. The van der Waals surface area contributed by atoms with E-state index in [2.05, 4.69) is 0 Å². The van der Waals surface area contributed by atoms with Crippen molar-refractivity contribution in [3.05, 3.63) is 0 Å². The van der Waals surface area contributed by atoms with Gasteiger partial charge in [-0.1, -0.05) is 19.3 Å². The Morgan fingerprint density at radius 1 is 0.812 bits per heavy atom. The molecule has 96 valence electrons. The van der Waals surface area contributed by atoms with Gasteiger partial charge in [-0.3, -0.25) is 0 Å². The van der Waals surface area contributed by atoms with Crippen LogP contribution >= 0.6 is 0 Å². The van der Waals surface area contributed by atoms with Crippen LogP contribution in [0.1, 0.15) is 57.8 Å². The Labute approximate surface area is 101 Å². The van der Waals surface area contributed by atoms with E-state index in [0.717, 1.165) is 13.2 Å². The highest BCUT2D eigenvalue weighted by Crippen LogP contribution is 2.43. The zero-order valence-electron chi connectivity index (χ0n) is 11.1. The summed E-state index contributed by atoms with van der Waals surface area (Å²) in [4.78, 5) is 0. The van der Waals surface area contributed by atoms with Gasteiger partial charge >= 0.3 is 0 Å². The van der Waals surface area contributed by atoms with Crippen molar-refractivity contribution >= 4 is 0 Å². The van der Waals surface area contributed by atoms with Gasteiger partial charge in [0.2, 0.25) is 0 Å². The minimum absolute atomic E-state index is 0.620. The SMILES string of the molecule is COCCCC1(CCCOC)CCCCC1. The molecule has 0 radical (unpaired) electrons. The van der Waals surface area contributed by atoms with Crippen LogP contribution in [0.25, 0.3) is 0 Å². The van der Waals surface area contributed by atoms with E-state index < -0.39 is 0 Å². The molecule has 0 saturated heterocycles. The van der Waals surface area contributed by atoms with E-state index in [1.807, 2.05) is 0 Å². The van der Waals surface area contributed by atoms with Crippen molar-refractivity contribution in [2.24, 2.45) is 5.41 Å². The third kappa shape index (κ3) is 4.84. The lowest BCUT2D eigenvalue weighted by molar-refractivity contribution is 0.106. The first kappa shape index (κ1) is 14.0. The smallest absolute Gasteiger partial charge is 0.0462 e. The Morgan fingerprint density at radius 2 is 1.31 bits per heavy atom. The first-order chi connectivity index (χ1) is 7.83. The van der Waals surface area contributed by atoms with Gasteiger partial charge in [-0.15, -0.1) is 0 Å². The van der Waals surface area contributed by atoms with Crippen molar-refractivity contribution in [3.63, 3.8) is 0 Å². The first-order valence-electron chi connectivity index (χ1n) is 6.81. The minimum atomic E-state index is 0.620. The summed E-state index contributed by atoms with van der Waals surface area (Å²) in [5.74, 6) is 0. The third-order valence-corrected chi connectivity index (χ3v) is 4.03. The second kappa shape index (κ2) is 8.08. The molecule has 2 heteroatoms. The summed E-state index contributed by atoms with van der Waals surface area (Å²) in [6, 6.07) is 0. The van der Waals surface area contributed by atoms with Crippen molar-refractivity contribution in [1.29, 1.82) is 0 Å². The second-order valence-corrected chi connectivity index (χ2v) is 5.25. The number of hydrogen-bond acceptors (Lipinski definition) is 2. The largest absolute Gasteiger partial charge is 0.385 e. The molecular formula is C14H28O2. The van der Waals surface area contributed by atoms with Gasteiger partial charge in [-0.25, -0.2) is 0 Å². The van der Waals surface area contributed by atoms with Gasteiger partial charge in [0.05, 0.1) is 0 Å².